The third-order valence-corrected chi connectivity index (χ3v) is 7.70. The first kappa shape index (κ1) is 21.8. The summed E-state index contributed by atoms with van der Waals surface area (Å²) in [7, 11) is -2.11. The van der Waals surface area contributed by atoms with E-state index in [1.165, 1.54) is 16.4 Å². The van der Waals surface area contributed by atoms with Crippen LogP contribution in [0, 0.1) is 0 Å². The third-order valence-electron chi connectivity index (χ3n) is 5.09. The lowest BCUT2D eigenvalue weighted by Crippen LogP contribution is -2.49. The molecule has 0 atom stereocenters. The standard InChI is InChI=1S/C21H20Cl2N4O3S/c1-30-17-4-2-3-15(13-17)19-7-8-21(25-24-19)26-9-11-27(12-10-26)31(28,29)20-14-16(22)5-6-18(20)23/h2-8,13-14H,9-12H2,1H3. The number of rotatable bonds is 5. The maximum absolute atomic E-state index is 13.0. The maximum Gasteiger partial charge on any atom is 0.244 e. The molecule has 10 heteroatoms. The number of nitrogens with zero attached hydrogens (tertiary/aromatic N) is 4. The summed E-state index contributed by atoms with van der Waals surface area (Å²) in [5.74, 6) is 1.45. The number of hydrogen-bond acceptors (Lipinski definition) is 6. The van der Waals surface area contributed by atoms with E-state index in [0.29, 0.717) is 37.0 Å². The molecule has 162 valence electrons. The molecule has 0 unspecified atom stereocenters. The minimum atomic E-state index is -3.73. The molecule has 7 nitrogen and oxygen atoms in total. The minimum Gasteiger partial charge on any atom is -0.497 e. The maximum atomic E-state index is 13.0. The fourth-order valence-corrected chi connectivity index (χ4v) is 5.56. The Hall–Kier alpha value is -2.39. The van der Waals surface area contributed by atoms with Crippen LogP contribution in [0.2, 0.25) is 10.0 Å². The van der Waals surface area contributed by atoms with E-state index in [2.05, 4.69) is 10.2 Å². The van der Waals surface area contributed by atoms with E-state index < -0.39 is 10.0 Å². The first-order valence-corrected chi connectivity index (χ1v) is 11.8. The second kappa shape index (κ2) is 9.00. The summed E-state index contributed by atoms with van der Waals surface area (Å²) >= 11 is 12.1. The van der Waals surface area contributed by atoms with Crippen LogP contribution in [-0.4, -0.2) is 56.2 Å². The van der Waals surface area contributed by atoms with Gasteiger partial charge in [-0.3, -0.25) is 0 Å². The lowest BCUT2D eigenvalue weighted by Gasteiger charge is -2.34. The summed E-state index contributed by atoms with van der Waals surface area (Å²) in [6, 6.07) is 15.8. The second-order valence-corrected chi connectivity index (χ2v) is 9.72. The van der Waals surface area contributed by atoms with Crippen molar-refractivity contribution in [1.82, 2.24) is 14.5 Å². The molecule has 31 heavy (non-hydrogen) atoms. The number of methoxy groups -OCH3 is 1. The van der Waals surface area contributed by atoms with Crippen molar-refractivity contribution in [3.8, 4) is 17.0 Å². The molecule has 0 amide bonds. The predicted octanol–water partition coefficient (Wildman–Crippen LogP) is 3.97. The molecule has 3 aromatic rings. The molecule has 1 aromatic heterocycles. The van der Waals surface area contributed by atoms with Crippen molar-refractivity contribution >= 4 is 39.0 Å². The van der Waals surface area contributed by atoms with E-state index >= 15 is 0 Å². The van der Waals surface area contributed by atoms with E-state index in [-0.39, 0.29) is 9.92 Å². The van der Waals surface area contributed by atoms with Gasteiger partial charge < -0.3 is 9.64 Å². The quantitative estimate of drug-likeness (QED) is 0.552. The average molecular weight is 479 g/mol. The van der Waals surface area contributed by atoms with Gasteiger partial charge in [0.15, 0.2) is 5.82 Å². The Morgan fingerprint density at radius 2 is 1.71 bits per heavy atom. The molecule has 1 aliphatic heterocycles. The zero-order chi connectivity index (χ0) is 22.0. The van der Waals surface area contributed by atoms with Gasteiger partial charge in [-0.2, -0.15) is 4.31 Å². The molecule has 1 saturated heterocycles. The fourth-order valence-electron chi connectivity index (χ4n) is 3.40. The Morgan fingerprint density at radius 3 is 2.39 bits per heavy atom. The van der Waals surface area contributed by atoms with Crippen LogP contribution in [-0.2, 0) is 10.0 Å². The predicted molar refractivity (Wildman–Crippen MR) is 121 cm³/mol. The zero-order valence-corrected chi connectivity index (χ0v) is 19.0. The van der Waals surface area contributed by atoms with Crippen LogP contribution in [0.1, 0.15) is 0 Å². The van der Waals surface area contributed by atoms with Crippen molar-refractivity contribution in [2.75, 3.05) is 38.2 Å². The number of sulfonamides is 1. The Morgan fingerprint density at radius 1 is 0.935 bits per heavy atom. The van der Waals surface area contributed by atoms with Crippen LogP contribution < -0.4 is 9.64 Å². The Bertz CT molecular complexity index is 1180. The number of piperazine rings is 1. The highest BCUT2D eigenvalue weighted by atomic mass is 35.5. The highest BCUT2D eigenvalue weighted by Crippen LogP contribution is 2.29. The van der Waals surface area contributed by atoms with Crippen LogP contribution in [0.25, 0.3) is 11.3 Å². The molecule has 0 saturated carbocycles. The van der Waals surface area contributed by atoms with Gasteiger partial charge in [0.25, 0.3) is 0 Å². The zero-order valence-electron chi connectivity index (χ0n) is 16.7. The van der Waals surface area contributed by atoms with Crippen LogP contribution in [0.15, 0.2) is 59.5 Å². The number of anilines is 1. The highest BCUT2D eigenvalue weighted by molar-refractivity contribution is 7.89. The van der Waals surface area contributed by atoms with Crippen LogP contribution >= 0.6 is 23.2 Å². The monoisotopic (exact) mass is 478 g/mol. The summed E-state index contributed by atoms with van der Waals surface area (Å²) in [4.78, 5) is 2.03. The van der Waals surface area contributed by atoms with E-state index in [4.69, 9.17) is 27.9 Å². The van der Waals surface area contributed by atoms with Gasteiger partial charge in [-0.05, 0) is 42.5 Å². The van der Waals surface area contributed by atoms with Crippen molar-refractivity contribution < 1.29 is 13.2 Å². The van der Waals surface area contributed by atoms with Gasteiger partial charge in [0, 0.05) is 36.8 Å². The molecular weight excluding hydrogens is 459 g/mol. The third kappa shape index (κ3) is 4.62. The van der Waals surface area contributed by atoms with E-state index in [9.17, 15) is 8.42 Å². The summed E-state index contributed by atoms with van der Waals surface area (Å²) in [6.07, 6.45) is 0. The van der Waals surface area contributed by atoms with Crippen LogP contribution in [0.4, 0.5) is 5.82 Å². The number of aromatic nitrogens is 2. The molecule has 0 spiro atoms. The van der Waals surface area contributed by atoms with E-state index in [1.807, 2.05) is 41.3 Å². The first-order chi connectivity index (χ1) is 14.9. The molecule has 2 aromatic carbocycles. The van der Waals surface area contributed by atoms with Gasteiger partial charge in [0.2, 0.25) is 10.0 Å². The van der Waals surface area contributed by atoms with Crippen molar-refractivity contribution in [1.29, 1.82) is 0 Å². The summed E-state index contributed by atoms with van der Waals surface area (Å²) < 4.78 is 32.6. The normalized spacial score (nSPS) is 15.1. The average Bonchev–Trinajstić information content (AvgIpc) is 2.81. The van der Waals surface area contributed by atoms with Gasteiger partial charge in [-0.25, -0.2) is 8.42 Å². The number of benzene rings is 2. The lowest BCUT2D eigenvalue weighted by molar-refractivity contribution is 0.383. The molecule has 4 rings (SSSR count). The number of halogens is 2. The highest BCUT2D eigenvalue weighted by Gasteiger charge is 2.30. The van der Waals surface area contributed by atoms with Gasteiger partial charge in [-0.1, -0.05) is 35.3 Å². The second-order valence-electron chi connectivity index (χ2n) is 6.97. The smallest absolute Gasteiger partial charge is 0.244 e. The van der Waals surface area contributed by atoms with Crippen molar-refractivity contribution in [3.63, 3.8) is 0 Å². The topological polar surface area (TPSA) is 75.6 Å². The van der Waals surface area contributed by atoms with Gasteiger partial charge in [0.1, 0.15) is 10.6 Å². The first-order valence-electron chi connectivity index (χ1n) is 9.57. The minimum absolute atomic E-state index is 0.0255. The SMILES string of the molecule is COc1cccc(-c2ccc(N3CCN(S(=O)(=O)c4cc(Cl)ccc4Cl)CC3)nn2)c1. The van der Waals surface area contributed by atoms with Crippen molar-refractivity contribution in [2.24, 2.45) is 0 Å². The van der Waals surface area contributed by atoms with Gasteiger partial charge in [-0.15, -0.1) is 10.2 Å². The Labute approximate surface area is 191 Å². The molecular formula is C21H20Cl2N4O3S. The molecule has 1 aliphatic rings. The molecule has 0 N–H and O–H groups in total. The molecule has 0 bridgehead atoms. The number of hydrogen-bond donors (Lipinski definition) is 0. The van der Waals surface area contributed by atoms with Gasteiger partial charge in [0.05, 0.1) is 17.8 Å². The molecule has 1 fully saturated rings. The molecule has 0 aliphatic carbocycles. The summed E-state index contributed by atoms with van der Waals surface area (Å²) in [5, 5.41) is 9.14. The summed E-state index contributed by atoms with van der Waals surface area (Å²) in [6.45, 7) is 1.60. The summed E-state index contributed by atoms with van der Waals surface area (Å²) in [5.41, 5.74) is 1.65. The van der Waals surface area contributed by atoms with Crippen LogP contribution in [0.3, 0.4) is 0 Å². The Balaban J connectivity index is 1.45. The van der Waals surface area contributed by atoms with Gasteiger partial charge >= 0.3 is 0 Å². The van der Waals surface area contributed by atoms with Crippen molar-refractivity contribution in [2.45, 2.75) is 4.90 Å². The largest absolute Gasteiger partial charge is 0.497 e. The van der Waals surface area contributed by atoms with E-state index in [0.717, 1.165) is 17.0 Å². The lowest BCUT2D eigenvalue weighted by atomic mass is 10.1. The van der Waals surface area contributed by atoms with E-state index in [1.54, 1.807) is 13.2 Å². The molecule has 2 heterocycles. The number of ether oxygens (including phenoxy) is 1. The fraction of sp³-hybridized carbons (Fsp3) is 0.238. The van der Waals surface area contributed by atoms with Crippen LogP contribution in [0.5, 0.6) is 5.75 Å². The Kier molecular flexibility index (Phi) is 6.34. The molecule has 0 radical (unpaired) electrons. The van der Waals surface area contributed by atoms with Crippen molar-refractivity contribution in [3.05, 3.63) is 64.6 Å².